The van der Waals surface area contributed by atoms with Crippen molar-refractivity contribution in [2.24, 2.45) is 0 Å². The van der Waals surface area contributed by atoms with E-state index in [4.69, 9.17) is 9.47 Å². The van der Waals surface area contributed by atoms with Gasteiger partial charge in [-0.05, 0) is 13.0 Å². The molecule has 7 nitrogen and oxygen atoms in total. The molecule has 4 rings (SSSR count). The number of cyclic esters (lactones) is 1. The van der Waals surface area contributed by atoms with Crippen LogP contribution in [0.15, 0.2) is 30.5 Å². The van der Waals surface area contributed by atoms with Crippen molar-refractivity contribution in [1.82, 2.24) is 9.55 Å². The highest BCUT2D eigenvalue weighted by atomic mass is 16.6. The number of para-hydroxylation sites is 1. The van der Waals surface area contributed by atoms with Gasteiger partial charge in [-0.25, -0.2) is 19.1 Å². The highest BCUT2D eigenvalue weighted by Gasteiger charge is 2.35. The molecule has 0 saturated heterocycles. The van der Waals surface area contributed by atoms with Crippen molar-refractivity contribution in [3.05, 3.63) is 41.7 Å². The molecule has 0 unspecified atom stereocenters. The van der Waals surface area contributed by atoms with Crippen molar-refractivity contribution < 1.29 is 24.2 Å². The first kappa shape index (κ1) is 13.7. The van der Waals surface area contributed by atoms with Crippen molar-refractivity contribution in [3.63, 3.8) is 0 Å². The Labute approximate surface area is 130 Å². The second-order valence-corrected chi connectivity index (χ2v) is 5.09. The monoisotopic (exact) mass is 312 g/mol. The van der Waals surface area contributed by atoms with Gasteiger partial charge in [0.1, 0.15) is 0 Å². The van der Waals surface area contributed by atoms with Crippen molar-refractivity contribution >= 4 is 33.9 Å². The van der Waals surface area contributed by atoms with Crippen LogP contribution in [-0.4, -0.2) is 33.3 Å². The number of hydrogen-bond acceptors (Lipinski definition) is 6. The van der Waals surface area contributed by atoms with Crippen LogP contribution in [0.25, 0.3) is 21.8 Å². The summed E-state index contributed by atoms with van der Waals surface area (Å²) < 4.78 is 11.3. The molecule has 0 radical (unpaired) electrons. The molecule has 1 aliphatic heterocycles. The SMILES string of the molecule is CCOC(=O)n1c2ccccc2c2c3c(ncc21)C(=O)O[C@H]3O. The van der Waals surface area contributed by atoms with E-state index in [-0.39, 0.29) is 17.9 Å². The van der Waals surface area contributed by atoms with E-state index in [9.17, 15) is 14.7 Å². The maximum atomic E-state index is 12.3. The number of hydrogen-bond donors (Lipinski definition) is 1. The van der Waals surface area contributed by atoms with Gasteiger partial charge in [-0.2, -0.15) is 0 Å². The van der Waals surface area contributed by atoms with Gasteiger partial charge in [0.05, 0.1) is 29.4 Å². The van der Waals surface area contributed by atoms with E-state index < -0.39 is 18.4 Å². The van der Waals surface area contributed by atoms with Gasteiger partial charge in [0.2, 0.25) is 6.29 Å². The van der Waals surface area contributed by atoms with Crippen molar-refractivity contribution in [1.29, 1.82) is 0 Å². The molecular weight excluding hydrogens is 300 g/mol. The number of aliphatic hydroxyl groups excluding tert-OH is 1. The zero-order valence-corrected chi connectivity index (χ0v) is 12.1. The summed E-state index contributed by atoms with van der Waals surface area (Å²) in [4.78, 5) is 28.1. The lowest BCUT2D eigenvalue weighted by Gasteiger charge is -2.06. The van der Waals surface area contributed by atoms with Crippen LogP contribution in [0.1, 0.15) is 29.3 Å². The van der Waals surface area contributed by atoms with E-state index in [0.29, 0.717) is 21.8 Å². The fourth-order valence-corrected chi connectivity index (χ4v) is 2.98. The lowest BCUT2D eigenvalue weighted by Crippen LogP contribution is -2.13. The molecule has 0 bridgehead atoms. The maximum Gasteiger partial charge on any atom is 0.419 e. The molecule has 3 heterocycles. The molecule has 0 spiro atoms. The number of rotatable bonds is 1. The summed E-state index contributed by atoms with van der Waals surface area (Å²) in [6, 6.07) is 7.18. The zero-order chi connectivity index (χ0) is 16.1. The molecular formula is C16H12N2O5. The number of carbonyl (C=O) groups is 2. The molecule has 0 saturated carbocycles. The average molecular weight is 312 g/mol. The van der Waals surface area contributed by atoms with E-state index >= 15 is 0 Å². The number of ether oxygens (including phenoxy) is 2. The molecule has 7 heteroatoms. The minimum absolute atomic E-state index is 0.0664. The van der Waals surface area contributed by atoms with E-state index in [1.807, 2.05) is 12.1 Å². The predicted octanol–water partition coefficient (Wildman–Crippen LogP) is 2.36. The van der Waals surface area contributed by atoms with E-state index in [0.717, 1.165) is 0 Å². The molecule has 3 aromatic rings. The first-order chi connectivity index (χ1) is 11.1. The van der Waals surface area contributed by atoms with E-state index in [1.165, 1.54) is 10.8 Å². The van der Waals surface area contributed by atoms with Crippen molar-refractivity contribution in [2.75, 3.05) is 6.61 Å². The maximum absolute atomic E-state index is 12.3. The molecule has 1 aliphatic rings. The highest BCUT2D eigenvalue weighted by molar-refractivity contribution is 6.16. The normalized spacial score (nSPS) is 16.6. The summed E-state index contributed by atoms with van der Waals surface area (Å²) in [5.74, 6) is -0.678. The van der Waals surface area contributed by atoms with Gasteiger partial charge in [-0.15, -0.1) is 0 Å². The third-order valence-electron chi connectivity index (χ3n) is 3.86. The summed E-state index contributed by atoms with van der Waals surface area (Å²) in [6.45, 7) is 1.95. The van der Waals surface area contributed by atoms with Crippen LogP contribution in [0.5, 0.6) is 0 Å². The first-order valence-corrected chi connectivity index (χ1v) is 7.11. The average Bonchev–Trinajstić information content (AvgIpc) is 3.02. The first-order valence-electron chi connectivity index (χ1n) is 7.11. The molecule has 2 aromatic heterocycles. The Morgan fingerprint density at radius 1 is 1.39 bits per heavy atom. The highest BCUT2D eigenvalue weighted by Crippen LogP contribution is 2.39. The van der Waals surface area contributed by atoms with Crippen molar-refractivity contribution in [2.45, 2.75) is 13.2 Å². The lowest BCUT2D eigenvalue weighted by molar-refractivity contribution is -0.0541. The topological polar surface area (TPSA) is 90.7 Å². The number of pyridine rings is 1. The van der Waals surface area contributed by atoms with Crippen LogP contribution in [0.4, 0.5) is 4.79 Å². The zero-order valence-electron chi connectivity index (χ0n) is 12.1. The van der Waals surface area contributed by atoms with Gasteiger partial charge in [-0.3, -0.25) is 0 Å². The Morgan fingerprint density at radius 3 is 2.96 bits per heavy atom. The lowest BCUT2D eigenvalue weighted by atomic mass is 10.1. The van der Waals surface area contributed by atoms with Crippen LogP contribution in [-0.2, 0) is 9.47 Å². The minimum Gasteiger partial charge on any atom is -0.449 e. The molecule has 0 amide bonds. The van der Waals surface area contributed by atoms with Crippen molar-refractivity contribution in [3.8, 4) is 0 Å². The van der Waals surface area contributed by atoms with Crippen LogP contribution >= 0.6 is 0 Å². The summed E-state index contributed by atoms with van der Waals surface area (Å²) >= 11 is 0. The van der Waals surface area contributed by atoms with Crippen LogP contribution < -0.4 is 0 Å². The quantitative estimate of drug-likeness (QED) is 0.694. The summed E-state index contributed by atoms with van der Waals surface area (Å²) in [5, 5.41) is 11.3. The Morgan fingerprint density at radius 2 is 2.17 bits per heavy atom. The van der Waals surface area contributed by atoms with Gasteiger partial charge in [0.15, 0.2) is 5.69 Å². The Balaban J connectivity index is 2.17. The molecule has 0 fully saturated rings. The summed E-state index contributed by atoms with van der Waals surface area (Å²) in [7, 11) is 0. The molecule has 23 heavy (non-hydrogen) atoms. The van der Waals surface area contributed by atoms with Gasteiger partial charge >= 0.3 is 12.1 Å². The fraction of sp³-hybridized carbons (Fsp3) is 0.188. The number of aliphatic hydroxyl groups is 1. The van der Waals surface area contributed by atoms with Crippen LogP contribution in [0.3, 0.4) is 0 Å². The number of carbonyl (C=O) groups excluding carboxylic acids is 2. The predicted molar refractivity (Wildman–Crippen MR) is 80.0 cm³/mol. The number of fused-ring (bicyclic) bond motifs is 5. The standard InChI is InChI=1S/C16H12N2O5/c1-2-22-16(21)18-9-6-4-3-5-8(9)11-10(18)7-17-13-12(11)14(19)23-15(13)20/h3-7,14,19H,2H2,1H3/t14-/m1/s1. The molecule has 116 valence electrons. The number of benzene rings is 1. The summed E-state index contributed by atoms with van der Waals surface area (Å²) in [6.07, 6.45) is -0.514. The fourth-order valence-electron chi connectivity index (χ4n) is 2.98. The number of nitrogens with zero attached hydrogens (tertiary/aromatic N) is 2. The third-order valence-corrected chi connectivity index (χ3v) is 3.86. The number of esters is 1. The molecule has 1 N–H and O–H groups in total. The molecule has 1 aromatic carbocycles. The van der Waals surface area contributed by atoms with Crippen LogP contribution in [0.2, 0.25) is 0 Å². The Hall–Kier alpha value is -2.93. The Kier molecular flexibility index (Phi) is 2.85. The van der Waals surface area contributed by atoms with Gasteiger partial charge in [-0.1, -0.05) is 18.2 Å². The summed E-state index contributed by atoms with van der Waals surface area (Å²) in [5.41, 5.74) is 1.42. The van der Waals surface area contributed by atoms with E-state index in [2.05, 4.69) is 4.98 Å². The van der Waals surface area contributed by atoms with Gasteiger partial charge in [0, 0.05) is 10.8 Å². The minimum atomic E-state index is -1.39. The third kappa shape index (κ3) is 1.77. The van der Waals surface area contributed by atoms with Gasteiger partial charge < -0.3 is 14.6 Å². The van der Waals surface area contributed by atoms with Gasteiger partial charge in [0.25, 0.3) is 0 Å². The molecule has 0 aliphatic carbocycles. The second kappa shape index (κ2) is 4.79. The van der Waals surface area contributed by atoms with E-state index in [1.54, 1.807) is 19.1 Å². The Bertz CT molecular complexity index is 975. The largest absolute Gasteiger partial charge is 0.449 e. The molecule has 1 atom stereocenters. The van der Waals surface area contributed by atoms with Crippen LogP contribution in [0, 0.1) is 0 Å². The number of aromatic nitrogens is 2. The smallest absolute Gasteiger partial charge is 0.419 e. The second-order valence-electron chi connectivity index (χ2n) is 5.09.